The predicted molar refractivity (Wildman–Crippen MR) is 144 cm³/mol. The molecule has 0 unspecified atom stereocenters. The van der Waals surface area contributed by atoms with Crippen LogP contribution >= 0.6 is 0 Å². The molecule has 0 aromatic heterocycles. The fraction of sp³-hybridized carbons (Fsp3) is 0.296. The summed E-state index contributed by atoms with van der Waals surface area (Å²) in [5, 5.41) is 1.44. The molecule has 1 aliphatic heterocycles. The molecule has 0 N–H and O–H groups in total. The normalized spacial score (nSPS) is 11.7. The van der Waals surface area contributed by atoms with Crippen molar-refractivity contribution in [2.75, 3.05) is 31.1 Å². The number of rotatable bonds is 8. The van der Waals surface area contributed by atoms with Crippen molar-refractivity contribution in [3.05, 3.63) is 60.0 Å². The average Bonchev–Trinajstić information content (AvgIpc) is 2.87. The Morgan fingerprint density at radius 1 is 0.775 bits per heavy atom. The van der Waals surface area contributed by atoms with Crippen LogP contribution in [-0.4, -0.2) is 52.1 Å². The van der Waals surface area contributed by atoms with Crippen molar-refractivity contribution in [1.29, 1.82) is 0 Å². The maximum Gasteiger partial charge on any atom is 1.00 e. The van der Waals surface area contributed by atoms with Crippen molar-refractivity contribution in [3.63, 3.8) is 0 Å². The van der Waals surface area contributed by atoms with Gasteiger partial charge in [-0.15, -0.1) is 0 Å². The van der Waals surface area contributed by atoms with E-state index >= 15 is 0 Å². The van der Waals surface area contributed by atoms with Gasteiger partial charge in [0.1, 0.15) is 44.7 Å². The van der Waals surface area contributed by atoms with Gasteiger partial charge in [-0.3, -0.25) is 0 Å². The van der Waals surface area contributed by atoms with E-state index in [1.807, 2.05) is 52.0 Å². The summed E-state index contributed by atoms with van der Waals surface area (Å²) in [5.41, 5.74) is 2.28. The quantitative estimate of drug-likeness (QED) is 0.0949. The summed E-state index contributed by atoms with van der Waals surface area (Å²) < 4.78 is 80.3. The van der Waals surface area contributed by atoms with E-state index in [1.54, 1.807) is 12.1 Å². The molecule has 0 saturated carbocycles. The first-order chi connectivity index (χ1) is 17.9. The first-order valence-electron chi connectivity index (χ1n) is 12.3. The minimum atomic E-state index is -5.16. The van der Waals surface area contributed by atoms with E-state index in [4.69, 9.17) is 4.42 Å². The van der Waals surface area contributed by atoms with Crippen LogP contribution in [0, 0.1) is 0 Å². The molecule has 13 heteroatoms. The van der Waals surface area contributed by atoms with Crippen molar-refractivity contribution in [3.8, 4) is 22.5 Å². The standard InChI is InChI=1S/C27H30N2O7S2.2Na/c1-5-28(6-2)18-9-12-21-24(15-18)36-25-16-19(29(7-3)8-4)10-13-22(25)27(21)23-14-11-20(37(30,31)32)17-26(23)38(33,34)35;;/h9-17H,5-8H2,1-4H3,(H-,30,31,32,33,34,35);;/q;2*+1/p-1. The monoisotopic (exact) mass is 603 g/mol. The van der Waals surface area contributed by atoms with Gasteiger partial charge in [-0.1, -0.05) is 6.07 Å². The molecule has 0 atom stereocenters. The number of hydrogen-bond donors (Lipinski definition) is 0. The summed E-state index contributed by atoms with van der Waals surface area (Å²) in [7, 11) is -10.2. The van der Waals surface area contributed by atoms with Gasteiger partial charge in [-0.25, -0.2) is 21.4 Å². The molecule has 0 radical (unpaired) electrons. The molecular formula is C27H29N2Na2O7S2+. The van der Waals surface area contributed by atoms with Crippen molar-refractivity contribution in [2.45, 2.75) is 37.5 Å². The number of nitrogens with zero attached hydrogens (tertiary/aromatic N) is 2. The van der Waals surface area contributed by atoms with E-state index in [9.17, 15) is 25.9 Å². The predicted octanol–water partition coefficient (Wildman–Crippen LogP) is -2.32. The van der Waals surface area contributed by atoms with Crippen molar-refractivity contribution in [1.82, 2.24) is 4.58 Å². The summed E-state index contributed by atoms with van der Waals surface area (Å²) in [4.78, 5) is 0.550. The van der Waals surface area contributed by atoms with Gasteiger partial charge >= 0.3 is 59.1 Å². The maximum absolute atomic E-state index is 12.3. The Morgan fingerprint density at radius 3 is 1.95 bits per heavy atom. The molecule has 0 saturated heterocycles. The van der Waals surface area contributed by atoms with Gasteiger partial charge in [0, 0.05) is 53.0 Å². The Kier molecular flexibility index (Phi) is 12.1. The van der Waals surface area contributed by atoms with Crippen molar-refractivity contribution in [2.24, 2.45) is 0 Å². The van der Waals surface area contributed by atoms with Crippen LogP contribution in [0.5, 0.6) is 0 Å². The Labute approximate surface area is 279 Å². The molecule has 4 rings (SSSR count). The van der Waals surface area contributed by atoms with Crippen LogP contribution in [0.1, 0.15) is 27.7 Å². The molecule has 2 aliphatic rings. The second kappa shape index (κ2) is 13.8. The van der Waals surface area contributed by atoms with Crippen molar-refractivity contribution < 1.29 is 89.5 Å². The number of benzene rings is 3. The van der Waals surface area contributed by atoms with Gasteiger partial charge in [-0.2, -0.15) is 0 Å². The van der Waals surface area contributed by atoms with Crippen LogP contribution in [0.15, 0.2) is 68.8 Å². The second-order valence-electron chi connectivity index (χ2n) is 8.75. The molecular weight excluding hydrogens is 574 g/mol. The fourth-order valence-corrected chi connectivity index (χ4v) is 6.08. The molecule has 2 aromatic rings. The van der Waals surface area contributed by atoms with Gasteiger partial charge in [0.15, 0.2) is 0 Å². The zero-order chi connectivity index (χ0) is 27.8. The summed E-state index contributed by atoms with van der Waals surface area (Å²) >= 11 is 0. The van der Waals surface area contributed by atoms with Gasteiger partial charge < -0.3 is 18.4 Å². The van der Waals surface area contributed by atoms with E-state index in [-0.39, 0.29) is 64.7 Å². The summed E-state index contributed by atoms with van der Waals surface area (Å²) in [6, 6.07) is 13.9. The minimum absolute atomic E-state index is 0. The van der Waals surface area contributed by atoms with Gasteiger partial charge in [0.25, 0.3) is 0 Å². The minimum Gasteiger partial charge on any atom is -0.744 e. The SMILES string of the molecule is CCN(CC)c1ccc2c(-c3ccc(S(=O)(=O)[O-])cc3S(=O)(=O)[O-])c3ccc(=[N+](CC)CC)cc-3oc2c1.[Na+].[Na+]. The summed E-state index contributed by atoms with van der Waals surface area (Å²) in [6.07, 6.45) is 0. The maximum atomic E-state index is 12.3. The van der Waals surface area contributed by atoms with Gasteiger partial charge in [0.2, 0.25) is 5.36 Å². The van der Waals surface area contributed by atoms with E-state index in [0.717, 1.165) is 43.3 Å². The third-order valence-electron chi connectivity index (χ3n) is 6.73. The van der Waals surface area contributed by atoms with E-state index < -0.39 is 30.0 Å². The summed E-state index contributed by atoms with van der Waals surface area (Å²) in [5.74, 6) is 0.461. The van der Waals surface area contributed by atoms with E-state index in [2.05, 4.69) is 9.48 Å². The first-order valence-corrected chi connectivity index (χ1v) is 15.1. The molecule has 0 amide bonds. The first kappa shape index (κ1) is 34.9. The topological polar surface area (TPSA) is 134 Å². The fourth-order valence-electron chi connectivity index (χ4n) is 4.80. The number of fused-ring (bicyclic) bond motifs is 2. The third kappa shape index (κ3) is 7.03. The summed E-state index contributed by atoms with van der Waals surface area (Å²) in [6.45, 7) is 11.2. The van der Waals surface area contributed by atoms with Crippen LogP contribution in [-0.2, 0) is 20.2 Å². The zero-order valence-electron chi connectivity index (χ0n) is 23.6. The van der Waals surface area contributed by atoms with Gasteiger partial charge in [-0.05, 0) is 58.0 Å². The Hall–Kier alpha value is -1.25. The zero-order valence-corrected chi connectivity index (χ0v) is 29.2. The Bertz CT molecular complexity index is 1780. The third-order valence-corrected chi connectivity index (χ3v) is 8.43. The second-order valence-corrected chi connectivity index (χ2v) is 11.5. The van der Waals surface area contributed by atoms with Gasteiger partial charge in [0.05, 0.1) is 15.9 Å². The van der Waals surface area contributed by atoms with E-state index in [1.165, 1.54) is 6.07 Å². The molecule has 1 heterocycles. The molecule has 1 aliphatic carbocycles. The number of anilines is 1. The van der Waals surface area contributed by atoms with Crippen LogP contribution in [0.2, 0.25) is 0 Å². The van der Waals surface area contributed by atoms with Crippen molar-refractivity contribution >= 4 is 36.9 Å². The van der Waals surface area contributed by atoms with Crippen LogP contribution in [0.25, 0.3) is 33.4 Å². The molecule has 40 heavy (non-hydrogen) atoms. The van der Waals surface area contributed by atoms with Crippen LogP contribution in [0.3, 0.4) is 0 Å². The van der Waals surface area contributed by atoms with E-state index in [0.29, 0.717) is 33.9 Å². The molecule has 0 bridgehead atoms. The Morgan fingerprint density at radius 2 is 1.40 bits per heavy atom. The largest absolute Gasteiger partial charge is 1.00 e. The van der Waals surface area contributed by atoms with Crippen LogP contribution in [0.4, 0.5) is 5.69 Å². The number of hydrogen-bond acceptors (Lipinski definition) is 8. The van der Waals surface area contributed by atoms with Crippen LogP contribution < -0.4 is 73.9 Å². The molecule has 2 aromatic carbocycles. The average molecular weight is 604 g/mol. The molecule has 9 nitrogen and oxygen atoms in total. The smallest absolute Gasteiger partial charge is 0.744 e. The molecule has 0 fully saturated rings. The molecule has 0 spiro atoms. The Balaban J connectivity index is 0.00000280. The molecule has 202 valence electrons.